The molecule has 0 aliphatic rings. The van der Waals surface area contributed by atoms with E-state index in [-0.39, 0.29) is 10.8 Å². The zero-order valence-electron chi connectivity index (χ0n) is 19.7. The maximum atomic E-state index is 12.7. The first-order valence-corrected chi connectivity index (χ1v) is 13.8. The molecule has 1 aromatic heterocycles. The highest BCUT2D eigenvalue weighted by atomic mass is 32.2. The molecule has 0 aliphatic heterocycles. The number of thioether (sulfide) groups is 1. The van der Waals surface area contributed by atoms with Crippen LogP contribution in [-0.2, 0) is 21.2 Å². The number of nitrogens with one attached hydrogen (secondary N) is 2. The van der Waals surface area contributed by atoms with Crippen LogP contribution < -0.4 is 10.0 Å². The van der Waals surface area contributed by atoms with Gasteiger partial charge in [0.15, 0.2) is 0 Å². The van der Waals surface area contributed by atoms with Gasteiger partial charge in [0, 0.05) is 17.8 Å². The number of benzene rings is 3. The van der Waals surface area contributed by atoms with Gasteiger partial charge in [-0.15, -0.1) is 0 Å². The number of anilines is 1. The van der Waals surface area contributed by atoms with Gasteiger partial charge in [0.1, 0.15) is 11.4 Å². The Hall–Kier alpha value is -3.53. The summed E-state index contributed by atoms with van der Waals surface area (Å²) in [5.74, 6) is -0.212. The highest BCUT2D eigenvalue weighted by Gasteiger charge is 2.17. The van der Waals surface area contributed by atoms with E-state index < -0.39 is 15.3 Å². The molecular formula is C27H26N4O3S2. The van der Waals surface area contributed by atoms with Gasteiger partial charge in [-0.25, -0.2) is 23.1 Å². The van der Waals surface area contributed by atoms with Crippen LogP contribution in [0.1, 0.15) is 12.5 Å². The highest BCUT2D eigenvalue weighted by molar-refractivity contribution is 8.00. The van der Waals surface area contributed by atoms with Crippen molar-refractivity contribution in [1.82, 2.24) is 14.7 Å². The Labute approximate surface area is 215 Å². The SMILES string of the molecule is CC(Sc1cc(-c2ccccc2)ncn1)C(=O)Nc1ccc(S(=O)(=O)NCCc2ccccc2)cc1. The maximum Gasteiger partial charge on any atom is 0.240 e. The monoisotopic (exact) mass is 518 g/mol. The first-order chi connectivity index (χ1) is 17.4. The molecule has 184 valence electrons. The van der Waals surface area contributed by atoms with E-state index >= 15 is 0 Å². The van der Waals surface area contributed by atoms with E-state index in [4.69, 9.17) is 0 Å². The molecule has 2 N–H and O–H groups in total. The Morgan fingerprint density at radius 2 is 1.58 bits per heavy atom. The standard InChI is InChI=1S/C27H26N4O3S2/c1-20(35-26-18-25(28-19-29-26)22-10-6-3-7-11-22)27(32)31-23-12-14-24(15-13-23)36(33,34)30-17-16-21-8-4-2-5-9-21/h2-15,18-20,30H,16-17H2,1H3,(H,31,32). The molecule has 9 heteroatoms. The van der Waals surface area contributed by atoms with Crippen LogP contribution >= 0.6 is 11.8 Å². The molecule has 0 aliphatic carbocycles. The summed E-state index contributed by atoms with van der Waals surface area (Å²) in [7, 11) is -3.64. The number of hydrogen-bond acceptors (Lipinski definition) is 6. The third-order valence-corrected chi connectivity index (χ3v) is 7.87. The van der Waals surface area contributed by atoms with Gasteiger partial charge in [-0.2, -0.15) is 0 Å². The average molecular weight is 519 g/mol. The van der Waals surface area contributed by atoms with Gasteiger partial charge in [0.2, 0.25) is 15.9 Å². The molecule has 4 aromatic rings. The molecule has 7 nitrogen and oxygen atoms in total. The summed E-state index contributed by atoms with van der Waals surface area (Å²) in [6.07, 6.45) is 2.09. The molecule has 0 spiro atoms. The van der Waals surface area contributed by atoms with Crippen LogP contribution in [0.2, 0.25) is 0 Å². The van der Waals surface area contributed by atoms with Crippen molar-refractivity contribution >= 4 is 33.4 Å². The molecule has 1 amide bonds. The average Bonchev–Trinajstić information content (AvgIpc) is 2.90. The molecule has 4 rings (SSSR count). The first kappa shape index (κ1) is 25.6. The van der Waals surface area contributed by atoms with E-state index in [0.29, 0.717) is 23.7 Å². The minimum atomic E-state index is -3.64. The molecule has 1 heterocycles. The molecule has 0 saturated carbocycles. The topological polar surface area (TPSA) is 101 Å². The van der Waals surface area contributed by atoms with E-state index in [1.165, 1.54) is 30.2 Å². The summed E-state index contributed by atoms with van der Waals surface area (Å²) in [6.45, 7) is 2.09. The van der Waals surface area contributed by atoms with Crippen LogP contribution in [-0.4, -0.2) is 36.1 Å². The normalized spacial score (nSPS) is 12.1. The van der Waals surface area contributed by atoms with Gasteiger partial charge in [0.05, 0.1) is 15.8 Å². The third-order valence-electron chi connectivity index (χ3n) is 5.36. The first-order valence-electron chi connectivity index (χ1n) is 11.4. The molecule has 3 aromatic carbocycles. The fraction of sp³-hybridized carbons (Fsp3) is 0.148. The van der Waals surface area contributed by atoms with Crippen molar-refractivity contribution in [1.29, 1.82) is 0 Å². The van der Waals surface area contributed by atoms with Crippen LogP contribution in [0.25, 0.3) is 11.3 Å². The molecule has 1 unspecified atom stereocenters. The predicted molar refractivity (Wildman–Crippen MR) is 143 cm³/mol. The summed E-state index contributed by atoms with van der Waals surface area (Å²) in [5.41, 5.74) is 3.34. The van der Waals surface area contributed by atoms with Gasteiger partial charge >= 0.3 is 0 Å². The Kier molecular flexibility index (Phi) is 8.48. The van der Waals surface area contributed by atoms with Gasteiger partial charge in [-0.3, -0.25) is 4.79 Å². The Balaban J connectivity index is 1.32. The number of sulfonamides is 1. The van der Waals surface area contributed by atoms with Crippen molar-refractivity contribution in [3.8, 4) is 11.3 Å². The Bertz CT molecular complexity index is 1400. The lowest BCUT2D eigenvalue weighted by atomic mass is 10.1. The van der Waals surface area contributed by atoms with E-state index in [2.05, 4.69) is 20.0 Å². The molecular weight excluding hydrogens is 492 g/mol. The van der Waals surface area contributed by atoms with Crippen LogP contribution in [0.4, 0.5) is 5.69 Å². The second-order valence-electron chi connectivity index (χ2n) is 8.01. The molecule has 0 fully saturated rings. The van der Waals surface area contributed by atoms with Crippen molar-refractivity contribution in [3.05, 3.63) is 103 Å². The van der Waals surface area contributed by atoms with Crippen molar-refractivity contribution in [2.24, 2.45) is 0 Å². The lowest BCUT2D eigenvalue weighted by Gasteiger charge is -2.13. The minimum Gasteiger partial charge on any atom is -0.325 e. The second kappa shape index (κ2) is 11.9. The molecule has 0 saturated heterocycles. The molecule has 36 heavy (non-hydrogen) atoms. The number of nitrogens with zero attached hydrogens (tertiary/aromatic N) is 2. The zero-order chi connectivity index (χ0) is 25.4. The maximum absolute atomic E-state index is 12.7. The Morgan fingerprint density at radius 1 is 0.917 bits per heavy atom. The number of rotatable bonds is 10. The summed E-state index contributed by atoms with van der Waals surface area (Å²) >= 11 is 1.33. The second-order valence-corrected chi connectivity index (χ2v) is 11.1. The van der Waals surface area contributed by atoms with E-state index in [1.807, 2.05) is 66.7 Å². The summed E-state index contributed by atoms with van der Waals surface area (Å²) < 4.78 is 27.8. The smallest absolute Gasteiger partial charge is 0.240 e. The largest absolute Gasteiger partial charge is 0.325 e. The lowest BCUT2D eigenvalue weighted by Crippen LogP contribution is -2.26. The van der Waals surface area contributed by atoms with E-state index in [0.717, 1.165) is 16.8 Å². The van der Waals surface area contributed by atoms with Gasteiger partial charge in [0.25, 0.3) is 0 Å². The highest BCUT2D eigenvalue weighted by Crippen LogP contribution is 2.26. The Morgan fingerprint density at radius 3 is 2.28 bits per heavy atom. The molecule has 1 atom stereocenters. The van der Waals surface area contributed by atoms with Crippen LogP contribution in [0.15, 0.2) is 107 Å². The van der Waals surface area contributed by atoms with Crippen LogP contribution in [0, 0.1) is 0 Å². The van der Waals surface area contributed by atoms with Gasteiger partial charge in [-0.05, 0) is 49.2 Å². The van der Waals surface area contributed by atoms with Crippen LogP contribution in [0.3, 0.4) is 0 Å². The number of amides is 1. The van der Waals surface area contributed by atoms with Crippen molar-refractivity contribution in [2.45, 2.75) is 28.5 Å². The van der Waals surface area contributed by atoms with E-state index in [9.17, 15) is 13.2 Å². The molecule has 0 bridgehead atoms. The van der Waals surface area contributed by atoms with Crippen molar-refractivity contribution in [3.63, 3.8) is 0 Å². The summed E-state index contributed by atoms with van der Waals surface area (Å²) in [4.78, 5) is 21.5. The van der Waals surface area contributed by atoms with Crippen LogP contribution in [0.5, 0.6) is 0 Å². The quantitative estimate of drug-likeness (QED) is 0.231. The van der Waals surface area contributed by atoms with Crippen molar-refractivity contribution < 1.29 is 13.2 Å². The number of hydrogen-bond donors (Lipinski definition) is 2. The number of carbonyl (C=O) groups is 1. The fourth-order valence-electron chi connectivity index (χ4n) is 3.42. The lowest BCUT2D eigenvalue weighted by molar-refractivity contribution is -0.115. The van der Waals surface area contributed by atoms with Gasteiger partial charge in [-0.1, -0.05) is 72.4 Å². The van der Waals surface area contributed by atoms with Gasteiger partial charge < -0.3 is 5.32 Å². The fourth-order valence-corrected chi connectivity index (χ4v) is 5.27. The summed E-state index contributed by atoms with van der Waals surface area (Å²) in [6, 6.07) is 27.4. The predicted octanol–water partition coefficient (Wildman–Crippen LogP) is 4.78. The minimum absolute atomic E-state index is 0.144. The zero-order valence-corrected chi connectivity index (χ0v) is 21.3. The number of aromatic nitrogens is 2. The number of carbonyl (C=O) groups excluding carboxylic acids is 1. The summed E-state index contributed by atoms with van der Waals surface area (Å²) in [5, 5.41) is 3.10. The molecule has 0 radical (unpaired) electrons. The third kappa shape index (κ3) is 7.00. The van der Waals surface area contributed by atoms with Crippen molar-refractivity contribution in [2.75, 3.05) is 11.9 Å². The van der Waals surface area contributed by atoms with E-state index in [1.54, 1.807) is 19.1 Å².